The molecule has 0 unspecified atom stereocenters. The molecule has 0 saturated carbocycles. The van der Waals surface area contributed by atoms with Crippen LogP contribution < -0.4 is 0 Å². The van der Waals surface area contributed by atoms with Gasteiger partial charge in [-0.3, -0.25) is 4.79 Å². The third-order valence-electron chi connectivity index (χ3n) is 2.39. The van der Waals surface area contributed by atoms with Crippen molar-refractivity contribution in [3.05, 3.63) is 35.9 Å². The fourth-order valence-corrected chi connectivity index (χ4v) is 1.39. The maximum Gasteiger partial charge on any atom is 0.388 e. The first-order valence-corrected chi connectivity index (χ1v) is 6.55. The SMILES string of the molecule is CCOCCCC#CC(=O)C(=O)OCc1ccccc1. The van der Waals surface area contributed by atoms with E-state index >= 15 is 0 Å². The molecule has 0 aliphatic heterocycles. The van der Waals surface area contributed by atoms with E-state index in [0.29, 0.717) is 19.6 Å². The topological polar surface area (TPSA) is 52.6 Å². The number of hydrogen-bond acceptors (Lipinski definition) is 4. The number of hydrogen-bond donors (Lipinski definition) is 0. The lowest BCUT2D eigenvalue weighted by Crippen LogP contribution is -2.15. The molecule has 4 nitrogen and oxygen atoms in total. The van der Waals surface area contributed by atoms with Gasteiger partial charge in [-0.25, -0.2) is 4.79 Å². The monoisotopic (exact) mass is 274 g/mol. The van der Waals surface area contributed by atoms with Crippen molar-refractivity contribution in [2.45, 2.75) is 26.4 Å². The van der Waals surface area contributed by atoms with Crippen molar-refractivity contribution in [3.63, 3.8) is 0 Å². The van der Waals surface area contributed by atoms with Crippen LogP contribution in [0.25, 0.3) is 0 Å². The Kier molecular flexibility index (Phi) is 7.78. The van der Waals surface area contributed by atoms with Crippen LogP contribution in [0.1, 0.15) is 25.3 Å². The predicted octanol–water partition coefficient (Wildman–Crippen LogP) is 2.12. The fourth-order valence-electron chi connectivity index (χ4n) is 1.39. The third kappa shape index (κ3) is 6.72. The van der Waals surface area contributed by atoms with Gasteiger partial charge >= 0.3 is 11.8 Å². The maximum absolute atomic E-state index is 11.4. The normalized spacial score (nSPS) is 9.45. The molecule has 0 aliphatic carbocycles. The minimum Gasteiger partial charge on any atom is -0.454 e. The van der Waals surface area contributed by atoms with E-state index in [2.05, 4.69) is 11.8 Å². The summed E-state index contributed by atoms with van der Waals surface area (Å²) >= 11 is 0. The molecule has 0 radical (unpaired) electrons. The fraction of sp³-hybridized carbons (Fsp3) is 0.375. The summed E-state index contributed by atoms with van der Waals surface area (Å²) < 4.78 is 10.0. The summed E-state index contributed by atoms with van der Waals surface area (Å²) in [6, 6.07) is 9.17. The second-order valence-electron chi connectivity index (χ2n) is 3.99. The molecule has 0 spiro atoms. The van der Waals surface area contributed by atoms with E-state index < -0.39 is 11.8 Å². The van der Waals surface area contributed by atoms with Crippen molar-refractivity contribution in [2.24, 2.45) is 0 Å². The van der Waals surface area contributed by atoms with Crippen molar-refractivity contribution in [3.8, 4) is 11.8 Å². The zero-order valence-corrected chi connectivity index (χ0v) is 11.6. The van der Waals surface area contributed by atoms with E-state index in [1.807, 2.05) is 37.3 Å². The summed E-state index contributed by atoms with van der Waals surface area (Å²) in [4.78, 5) is 22.8. The highest BCUT2D eigenvalue weighted by atomic mass is 16.5. The molecule has 0 bridgehead atoms. The second kappa shape index (κ2) is 9.76. The molecular formula is C16H18O4. The number of carbonyl (C=O) groups is 2. The first kappa shape index (κ1) is 15.9. The average molecular weight is 274 g/mol. The standard InChI is InChI=1S/C16H18O4/c1-2-19-12-8-4-7-11-15(17)16(18)20-13-14-9-5-3-6-10-14/h3,5-6,9-10H,2,4,8,12-13H2,1H3. The van der Waals surface area contributed by atoms with Crippen LogP contribution in [0.3, 0.4) is 0 Å². The Bertz CT molecular complexity index is 482. The van der Waals surface area contributed by atoms with E-state index in [-0.39, 0.29) is 6.61 Å². The molecule has 0 fully saturated rings. The van der Waals surface area contributed by atoms with Gasteiger partial charge in [0.1, 0.15) is 6.61 Å². The lowest BCUT2D eigenvalue weighted by molar-refractivity contribution is -0.152. The van der Waals surface area contributed by atoms with Crippen LogP contribution >= 0.6 is 0 Å². The molecule has 0 atom stereocenters. The zero-order valence-electron chi connectivity index (χ0n) is 11.6. The molecule has 0 aromatic heterocycles. The van der Waals surface area contributed by atoms with Crippen molar-refractivity contribution >= 4 is 11.8 Å². The van der Waals surface area contributed by atoms with E-state index in [0.717, 1.165) is 12.0 Å². The predicted molar refractivity (Wildman–Crippen MR) is 74.7 cm³/mol. The summed E-state index contributed by atoms with van der Waals surface area (Å²) in [6.07, 6.45) is 1.27. The summed E-state index contributed by atoms with van der Waals surface area (Å²) in [5.74, 6) is 3.20. The average Bonchev–Trinajstić information content (AvgIpc) is 2.49. The number of carbonyl (C=O) groups excluding carboxylic acids is 2. The van der Waals surface area contributed by atoms with E-state index in [1.165, 1.54) is 0 Å². The first-order valence-electron chi connectivity index (χ1n) is 6.55. The minimum atomic E-state index is -0.911. The molecule has 0 heterocycles. The molecule has 1 rings (SSSR count). The van der Waals surface area contributed by atoms with Crippen LogP contribution in [0.15, 0.2) is 30.3 Å². The highest BCUT2D eigenvalue weighted by Gasteiger charge is 2.12. The largest absolute Gasteiger partial charge is 0.454 e. The Labute approximate surface area is 119 Å². The molecule has 4 heteroatoms. The van der Waals surface area contributed by atoms with Gasteiger partial charge in [0.25, 0.3) is 0 Å². The Morgan fingerprint density at radius 2 is 1.95 bits per heavy atom. The van der Waals surface area contributed by atoms with Gasteiger partial charge in [0, 0.05) is 19.6 Å². The van der Waals surface area contributed by atoms with E-state index in [9.17, 15) is 9.59 Å². The highest BCUT2D eigenvalue weighted by molar-refractivity contribution is 6.40. The van der Waals surface area contributed by atoms with Crippen molar-refractivity contribution in [1.82, 2.24) is 0 Å². The highest BCUT2D eigenvalue weighted by Crippen LogP contribution is 2.00. The number of Topliss-reactive ketones (excluding diaryl/α,β-unsaturated/α-hetero) is 1. The Balaban J connectivity index is 2.26. The molecule has 0 aliphatic rings. The third-order valence-corrected chi connectivity index (χ3v) is 2.39. The van der Waals surface area contributed by atoms with Gasteiger partial charge in [-0.2, -0.15) is 0 Å². The van der Waals surface area contributed by atoms with Gasteiger partial charge < -0.3 is 9.47 Å². The molecule has 1 aromatic rings. The number of ether oxygens (including phenoxy) is 2. The van der Waals surface area contributed by atoms with E-state index in [1.54, 1.807) is 0 Å². The van der Waals surface area contributed by atoms with Crippen molar-refractivity contribution in [2.75, 3.05) is 13.2 Å². The van der Waals surface area contributed by atoms with Crippen LogP contribution in [0.4, 0.5) is 0 Å². The number of unbranched alkanes of at least 4 members (excludes halogenated alkanes) is 1. The minimum absolute atomic E-state index is 0.0808. The summed E-state index contributed by atoms with van der Waals surface area (Å²) in [6.45, 7) is 3.27. The number of ketones is 1. The quantitative estimate of drug-likeness (QED) is 0.251. The molecule has 0 N–H and O–H groups in total. The Morgan fingerprint density at radius 3 is 2.65 bits per heavy atom. The zero-order chi connectivity index (χ0) is 14.6. The lowest BCUT2D eigenvalue weighted by atomic mass is 10.2. The Hall–Kier alpha value is -2.12. The van der Waals surface area contributed by atoms with Gasteiger partial charge in [0.2, 0.25) is 0 Å². The van der Waals surface area contributed by atoms with Gasteiger partial charge in [-0.15, -0.1) is 0 Å². The summed E-state index contributed by atoms with van der Waals surface area (Å²) in [5.41, 5.74) is 0.832. The van der Waals surface area contributed by atoms with Crippen LogP contribution in [0.5, 0.6) is 0 Å². The van der Waals surface area contributed by atoms with Crippen LogP contribution in [0.2, 0.25) is 0 Å². The molecular weight excluding hydrogens is 256 g/mol. The summed E-state index contributed by atoms with van der Waals surface area (Å²) in [5, 5.41) is 0. The lowest BCUT2D eigenvalue weighted by Gasteiger charge is -2.01. The van der Waals surface area contributed by atoms with Crippen LogP contribution in [0, 0.1) is 11.8 Å². The molecule has 0 amide bonds. The van der Waals surface area contributed by atoms with Gasteiger partial charge in [0.05, 0.1) is 0 Å². The van der Waals surface area contributed by atoms with Gasteiger partial charge in [-0.1, -0.05) is 36.3 Å². The first-order chi connectivity index (χ1) is 9.74. The Morgan fingerprint density at radius 1 is 1.20 bits per heavy atom. The number of benzene rings is 1. The van der Waals surface area contributed by atoms with Gasteiger partial charge in [-0.05, 0) is 24.8 Å². The van der Waals surface area contributed by atoms with Crippen LogP contribution in [-0.2, 0) is 25.7 Å². The molecule has 0 saturated heterocycles. The molecule has 1 aromatic carbocycles. The van der Waals surface area contributed by atoms with Crippen LogP contribution in [-0.4, -0.2) is 25.0 Å². The maximum atomic E-state index is 11.4. The van der Waals surface area contributed by atoms with Crippen molar-refractivity contribution < 1.29 is 19.1 Å². The molecule has 106 valence electrons. The van der Waals surface area contributed by atoms with Gasteiger partial charge in [0.15, 0.2) is 0 Å². The number of rotatable bonds is 7. The van der Waals surface area contributed by atoms with Crippen molar-refractivity contribution in [1.29, 1.82) is 0 Å². The van der Waals surface area contributed by atoms with E-state index in [4.69, 9.17) is 9.47 Å². The smallest absolute Gasteiger partial charge is 0.388 e. The summed E-state index contributed by atoms with van der Waals surface area (Å²) in [7, 11) is 0. The second-order valence-corrected chi connectivity index (χ2v) is 3.99. The number of esters is 1. The molecule has 20 heavy (non-hydrogen) atoms.